The van der Waals surface area contributed by atoms with Gasteiger partial charge in [-0.1, -0.05) is 44.2 Å². The third-order valence-electron chi connectivity index (χ3n) is 3.14. The minimum absolute atomic E-state index is 0.507. The zero-order chi connectivity index (χ0) is 15.3. The average Bonchev–Trinajstić information content (AvgIpc) is 2.47. The topological polar surface area (TPSA) is 38.7 Å². The van der Waals surface area contributed by atoms with Crippen LogP contribution in [0.1, 0.15) is 25.0 Å². The van der Waals surface area contributed by atoms with Crippen LogP contribution in [-0.4, -0.2) is 4.89 Å². The highest BCUT2D eigenvalue weighted by Crippen LogP contribution is 2.46. The molecule has 0 radical (unpaired) electrons. The molecule has 2 aromatic rings. The van der Waals surface area contributed by atoms with E-state index in [0.29, 0.717) is 11.5 Å². The smallest absolute Gasteiger partial charge is 0.416 e. The van der Waals surface area contributed by atoms with Gasteiger partial charge in [0.05, 0.1) is 0 Å². The van der Waals surface area contributed by atoms with E-state index in [1.807, 2.05) is 30.3 Å². The van der Waals surface area contributed by atoms with E-state index in [1.54, 1.807) is 12.1 Å². The lowest BCUT2D eigenvalue weighted by Gasteiger charge is -2.20. The standard InChI is InChI=1S/C16H19O3PS/c1-3-13-9-8-12-16(15(13)4-2)19-20(17,21)18-14-10-6-5-7-11-14/h5-12H,3-4H2,1-2H3,(H,17,21). The Hall–Kier alpha value is -1.35. The van der Waals surface area contributed by atoms with E-state index in [1.165, 1.54) is 5.56 Å². The van der Waals surface area contributed by atoms with Gasteiger partial charge in [0.15, 0.2) is 0 Å². The Labute approximate surface area is 130 Å². The van der Waals surface area contributed by atoms with Gasteiger partial charge in [-0.15, -0.1) is 0 Å². The van der Waals surface area contributed by atoms with Gasteiger partial charge in [0, 0.05) is 11.8 Å². The van der Waals surface area contributed by atoms with Crippen molar-refractivity contribution in [3.63, 3.8) is 0 Å². The summed E-state index contributed by atoms with van der Waals surface area (Å²) in [6.07, 6.45) is 1.73. The highest BCUT2D eigenvalue weighted by molar-refractivity contribution is 8.07. The molecule has 1 atom stereocenters. The summed E-state index contributed by atoms with van der Waals surface area (Å²) in [5, 5.41) is 0. The summed E-state index contributed by atoms with van der Waals surface area (Å²) in [7, 11) is 0. The van der Waals surface area contributed by atoms with Gasteiger partial charge in [0.2, 0.25) is 0 Å². The van der Waals surface area contributed by atoms with Crippen molar-refractivity contribution in [3.05, 3.63) is 59.7 Å². The van der Waals surface area contributed by atoms with E-state index < -0.39 is 6.72 Å². The lowest BCUT2D eigenvalue weighted by atomic mass is 10.0. The SMILES string of the molecule is CCc1cccc(OP(O)(=S)Oc2ccccc2)c1CC. The molecular formula is C16H19O3PS. The first-order valence-electron chi connectivity index (χ1n) is 6.93. The average molecular weight is 322 g/mol. The van der Waals surface area contributed by atoms with E-state index in [0.717, 1.165) is 18.4 Å². The summed E-state index contributed by atoms with van der Waals surface area (Å²) in [5.41, 5.74) is 2.27. The number of benzene rings is 2. The van der Waals surface area contributed by atoms with Crippen LogP contribution in [0.2, 0.25) is 0 Å². The Balaban J connectivity index is 2.22. The third kappa shape index (κ3) is 4.31. The molecular weight excluding hydrogens is 303 g/mol. The van der Waals surface area contributed by atoms with Crippen molar-refractivity contribution in [2.75, 3.05) is 0 Å². The molecule has 2 rings (SSSR count). The van der Waals surface area contributed by atoms with Crippen molar-refractivity contribution in [3.8, 4) is 11.5 Å². The van der Waals surface area contributed by atoms with E-state index in [4.69, 9.17) is 20.9 Å². The highest BCUT2D eigenvalue weighted by atomic mass is 32.5. The third-order valence-corrected chi connectivity index (χ3v) is 4.46. The maximum absolute atomic E-state index is 10.3. The highest BCUT2D eigenvalue weighted by Gasteiger charge is 2.21. The molecule has 0 spiro atoms. The predicted octanol–water partition coefficient (Wildman–Crippen LogP) is 4.49. The second-order valence-corrected chi connectivity index (χ2v) is 7.25. The zero-order valence-corrected chi connectivity index (χ0v) is 13.9. The van der Waals surface area contributed by atoms with Crippen molar-refractivity contribution >= 4 is 18.5 Å². The van der Waals surface area contributed by atoms with Crippen LogP contribution in [0.4, 0.5) is 0 Å². The molecule has 0 bridgehead atoms. The number of hydrogen-bond acceptors (Lipinski definition) is 3. The minimum Gasteiger partial charge on any atom is -0.416 e. The molecule has 21 heavy (non-hydrogen) atoms. The van der Waals surface area contributed by atoms with Crippen LogP contribution in [-0.2, 0) is 24.6 Å². The number of hydrogen-bond donors (Lipinski definition) is 1. The number of rotatable bonds is 6. The molecule has 0 saturated carbocycles. The molecule has 0 aliphatic heterocycles. The molecule has 112 valence electrons. The summed E-state index contributed by atoms with van der Waals surface area (Å²) in [4.78, 5) is 10.3. The van der Waals surface area contributed by atoms with Gasteiger partial charge >= 0.3 is 6.72 Å². The fraction of sp³-hybridized carbons (Fsp3) is 0.250. The van der Waals surface area contributed by atoms with Crippen LogP contribution in [0, 0.1) is 0 Å². The fourth-order valence-electron chi connectivity index (χ4n) is 2.19. The van der Waals surface area contributed by atoms with Gasteiger partial charge in [0.1, 0.15) is 11.5 Å². The van der Waals surface area contributed by atoms with Crippen LogP contribution >= 0.6 is 6.72 Å². The molecule has 1 unspecified atom stereocenters. The minimum atomic E-state index is -3.37. The van der Waals surface area contributed by atoms with E-state index in [2.05, 4.69) is 19.9 Å². The Morgan fingerprint density at radius 2 is 1.67 bits per heavy atom. The van der Waals surface area contributed by atoms with Crippen LogP contribution in [0.15, 0.2) is 48.5 Å². The maximum atomic E-state index is 10.3. The Morgan fingerprint density at radius 1 is 0.952 bits per heavy atom. The largest absolute Gasteiger partial charge is 0.432 e. The van der Waals surface area contributed by atoms with Crippen LogP contribution in [0.25, 0.3) is 0 Å². The van der Waals surface area contributed by atoms with E-state index in [-0.39, 0.29) is 0 Å². The lowest BCUT2D eigenvalue weighted by molar-refractivity contribution is 0.375. The van der Waals surface area contributed by atoms with Gasteiger partial charge in [0.25, 0.3) is 0 Å². The molecule has 0 saturated heterocycles. The first-order valence-corrected chi connectivity index (χ1v) is 9.52. The van der Waals surface area contributed by atoms with Crippen LogP contribution in [0.3, 0.4) is 0 Å². The molecule has 3 nitrogen and oxygen atoms in total. The summed E-state index contributed by atoms with van der Waals surface area (Å²) in [6.45, 7) is 0.773. The van der Waals surface area contributed by atoms with Crippen molar-refractivity contribution < 1.29 is 13.9 Å². The van der Waals surface area contributed by atoms with Crippen LogP contribution < -0.4 is 9.05 Å². The second kappa shape index (κ2) is 7.08. The molecule has 2 aromatic carbocycles. The second-order valence-electron chi connectivity index (χ2n) is 4.57. The zero-order valence-electron chi connectivity index (χ0n) is 12.2. The summed E-state index contributed by atoms with van der Waals surface area (Å²) >= 11 is 5.12. The van der Waals surface area contributed by atoms with Crippen molar-refractivity contribution in [1.82, 2.24) is 0 Å². The lowest BCUT2D eigenvalue weighted by Crippen LogP contribution is -2.03. The first kappa shape index (κ1) is 16.0. The normalized spacial score (nSPS) is 13.5. The van der Waals surface area contributed by atoms with Gasteiger partial charge < -0.3 is 13.9 Å². The van der Waals surface area contributed by atoms with Gasteiger partial charge in [-0.05, 0) is 42.2 Å². The number of aryl methyl sites for hydroxylation is 1. The Morgan fingerprint density at radius 3 is 2.29 bits per heavy atom. The molecule has 0 fully saturated rings. The summed E-state index contributed by atoms with van der Waals surface area (Å²) < 4.78 is 11.1. The molecule has 0 aromatic heterocycles. The maximum Gasteiger partial charge on any atom is 0.432 e. The van der Waals surface area contributed by atoms with E-state index in [9.17, 15) is 4.89 Å². The van der Waals surface area contributed by atoms with Gasteiger partial charge in [-0.3, -0.25) is 0 Å². The first-order chi connectivity index (χ1) is 10.1. The monoisotopic (exact) mass is 322 g/mol. The van der Waals surface area contributed by atoms with Crippen molar-refractivity contribution in [2.45, 2.75) is 26.7 Å². The Kier molecular flexibility index (Phi) is 5.40. The summed E-state index contributed by atoms with van der Waals surface area (Å²) in [5.74, 6) is 1.12. The van der Waals surface area contributed by atoms with E-state index >= 15 is 0 Å². The fourth-order valence-corrected chi connectivity index (χ4v) is 3.53. The van der Waals surface area contributed by atoms with Gasteiger partial charge in [-0.2, -0.15) is 0 Å². The van der Waals surface area contributed by atoms with Crippen molar-refractivity contribution in [1.29, 1.82) is 0 Å². The summed E-state index contributed by atoms with van der Waals surface area (Å²) in [6, 6.07) is 14.8. The van der Waals surface area contributed by atoms with Gasteiger partial charge in [-0.25, -0.2) is 0 Å². The molecule has 0 heterocycles. The Bertz CT molecular complexity index is 643. The molecule has 0 aliphatic carbocycles. The number of para-hydroxylation sites is 1. The quantitative estimate of drug-likeness (QED) is 0.796. The predicted molar refractivity (Wildman–Crippen MR) is 89.4 cm³/mol. The van der Waals surface area contributed by atoms with Crippen LogP contribution in [0.5, 0.6) is 11.5 Å². The molecule has 1 N–H and O–H groups in total. The molecule has 0 aliphatic rings. The molecule has 0 amide bonds. The van der Waals surface area contributed by atoms with Crippen molar-refractivity contribution in [2.24, 2.45) is 0 Å². The molecule has 5 heteroatoms.